The predicted octanol–water partition coefficient (Wildman–Crippen LogP) is 3.10. The number of para-hydroxylation sites is 1. The van der Waals surface area contributed by atoms with Crippen molar-refractivity contribution < 1.29 is 17.6 Å². The SMILES string of the molecule is Cc1cc2occ(CC(=O)NCCS(=O)(=O)N3CCc4ccccc43)c2cc1C. The van der Waals surface area contributed by atoms with Crippen molar-refractivity contribution in [3.63, 3.8) is 0 Å². The number of carbonyl (C=O) groups is 1. The minimum atomic E-state index is -3.48. The van der Waals surface area contributed by atoms with Crippen LogP contribution in [0.1, 0.15) is 22.3 Å². The number of amides is 1. The van der Waals surface area contributed by atoms with E-state index in [-0.39, 0.29) is 24.6 Å². The predicted molar refractivity (Wildman–Crippen MR) is 114 cm³/mol. The van der Waals surface area contributed by atoms with Gasteiger partial charge in [0.2, 0.25) is 15.9 Å². The van der Waals surface area contributed by atoms with Gasteiger partial charge in [-0.25, -0.2) is 8.42 Å². The second-order valence-corrected chi connectivity index (χ2v) is 9.50. The van der Waals surface area contributed by atoms with Crippen LogP contribution in [-0.4, -0.2) is 33.2 Å². The van der Waals surface area contributed by atoms with Crippen molar-refractivity contribution in [2.45, 2.75) is 26.7 Å². The van der Waals surface area contributed by atoms with Crippen LogP contribution in [0.2, 0.25) is 0 Å². The number of anilines is 1. The summed E-state index contributed by atoms with van der Waals surface area (Å²) in [4.78, 5) is 12.4. The number of rotatable bonds is 6. The first-order valence-electron chi connectivity index (χ1n) is 9.67. The molecule has 1 aromatic heterocycles. The zero-order valence-corrected chi connectivity index (χ0v) is 17.4. The number of hydrogen-bond donors (Lipinski definition) is 1. The van der Waals surface area contributed by atoms with Crippen LogP contribution in [-0.2, 0) is 27.7 Å². The van der Waals surface area contributed by atoms with E-state index >= 15 is 0 Å². The lowest BCUT2D eigenvalue weighted by atomic mass is 10.0. The molecular formula is C22H24N2O4S. The maximum Gasteiger partial charge on any atom is 0.236 e. The van der Waals surface area contributed by atoms with Gasteiger partial charge in [0.1, 0.15) is 5.58 Å². The van der Waals surface area contributed by atoms with Crippen LogP contribution in [0.3, 0.4) is 0 Å². The van der Waals surface area contributed by atoms with E-state index in [4.69, 9.17) is 4.42 Å². The number of sulfonamides is 1. The Morgan fingerprint density at radius 1 is 1.17 bits per heavy atom. The van der Waals surface area contributed by atoms with Crippen molar-refractivity contribution in [2.24, 2.45) is 0 Å². The van der Waals surface area contributed by atoms with Crippen molar-refractivity contribution >= 4 is 32.6 Å². The molecule has 1 aliphatic heterocycles. The van der Waals surface area contributed by atoms with Crippen molar-refractivity contribution in [1.82, 2.24) is 5.32 Å². The van der Waals surface area contributed by atoms with Gasteiger partial charge < -0.3 is 9.73 Å². The molecule has 4 rings (SSSR count). The Morgan fingerprint density at radius 2 is 1.93 bits per heavy atom. The highest BCUT2D eigenvalue weighted by Crippen LogP contribution is 2.30. The van der Waals surface area contributed by atoms with E-state index in [2.05, 4.69) is 5.32 Å². The Kier molecular flexibility index (Phi) is 5.08. The molecular weight excluding hydrogens is 388 g/mol. The third-order valence-corrected chi connectivity index (χ3v) is 7.25. The molecule has 6 nitrogen and oxygen atoms in total. The van der Waals surface area contributed by atoms with Gasteiger partial charge in [0.15, 0.2) is 0 Å². The number of furan rings is 1. The highest BCUT2D eigenvalue weighted by Gasteiger charge is 2.28. The third-order valence-electron chi connectivity index (χ3n) is 5.48. The van der Waals surface area contributed by atoms with Crippen molar-refractivity contribution in [2.75, 3.05) is 23.1 Å². The van der Waals surface area contributed by atoms with Gasteiger partial charge in [-0.15, -0.1) is 0 Å². The monoisotopic (exact) mass is 412 g/mol. The Labute approximate surface area is 170 Å². The molecule has 0 bridgehead atoms. The summed E-state index contributed by atoms with van der Waals surface area (Å²) in [5.41, 5.74) is 5.61. The number of nitrogens with one attached hydrogen (secondary N) is 1. The molecule has 0 aliphatic carbocycles. The fraction of sp³-hybridized carbons (Fsp3) is 0.318. The molecule has 2 aromatic carbocycles. The fourth-order valence-electron chi connectivity index (χ4n) is 3.74. The zero-order valence-electron chi connectivity index (χ0n) is 16.6. The van der Waals surface area contributed by atoms with Crippen molar-refractivity contribution in [3.05, 3.63) is 64.9 Å². The van der Waals surface area contributed by atoms with Crippen LogP contribution in [0.5, 0.6) is 0 Å². The summed E-state index contributed by atoms with van der Waals surface area (Å²) in [7, 11) is -3.48. The summed E-state index contributed by atoms with van der Waals surface area (Å²) in [6.45, 7) is 4.57. The summed E-state index contributed by atoms with van der Waals surface area (Å²) < 4.78 is 32.4. The first-order chi connectivity index (χ1) is 13.8. The van der Waals surface area contributed by atoms with Gasteiger partial charge in [-0.05, 0) is 55.2 Å². The van der Waals surface area contributed by atoms with Crippen LogP contribution >= 0.6 is 0 Å². The number of benzene rings is 2. The van der Waals surface area contributed by atoms with E-state index in [9.17, 15) is 13.2 Å². The number of fused-ring (bicyclic) bond motifs is 2. The van der Waals surface area contributed by atoms with E-state index in [1.807, 2.05) is 50.2 Å². The normalized spacial score (nSPS) is 13.7. The molecule has 2 heterocycles. The standard InChI is InChI=1S/C22H24N2O4S/c1-15-11-19-18(14-28-21(19)12-16(15)2)13-22(25)23-8-10-29(26,27)24-9-7-17-5-3-4-6-20(17)24/h3-6,11-12,14H,7-10,13H2,1-2H3,(H,23,25). The molecule has 29 heavy (non-hydrogen) atoms. The molecule has 0 saturated heterocycles. The molecule has 0 fully saturated rings. The number of carbonyl (C=O) groups excluding carboxylic acids is 1. The lowest BCUT2D eigenvalue weighted by molar-refractivity contribution is -0.120. The Balaban J connectivity index is 1.36. The van der Waals surface area contributed by atoms with Gasteiger partial charge in [-0.3, -0.25) is 9.10 Å². The molecule has 0 radical (unpaired) electrons. The Bertz CT molecular complexity index is 1180. The molecule has 0 unspecified atom stereocenters. The lowest BCUT2D eigenvalue weighted by Gasteiger charge is -2.19. The number of nitrogens with zero attached hydrogens (tertiary/aromatic N) is 1. The highest BCUT2D eigenvalue weighted by molar-refractivity contribution is 7.92. The molecule has 0 atom stereocenters. The van der Waals surface area contributed by atoms with Gasteiger partial charge in [-0.1, -0.05) is 18.2 Å². The quantitative estimate of drug-likeness (QED) is 0.675. The van der Waals surface area contributed by atoms with E-state index in [0.29, 0.717) is 13.0 Å². The minimum Gasteiger partial charge on any atom is -0.464 e. The summed E-state index contributed by atoms with van der Waals surface area (Å²) in [6, 6.07) is 11.5. The maximum atomic E-state index is 12.7. The molecule has 7 heteroatoms. The van der Waals surface area contributed by atoms with E-state index in [0.717, 1.165) is 38.9 Å². The Morgan fingerprint density at radius 3 is 2.76 bits per heavy atom. The molecule has 1 amide bonds. The second-order valence-electron chi connectivity index (χ2n) is 7.49. The van der Waals surface area contributed by atoms with Crippen molar-refractivity contribution in [3.8, 4) is 0 Å². The number of hydrogen-bond acceptors (Lipinski definition) is 4. The summed E-state index contributed by atoms with van der Waals surface area (Å²) in [6.07, 6.45) is 2.47. The second kappa shape index (κ2) is 7.55. The molecule has 3 aromatic rings. The van der Waals surface area contributed by atoms with E-state index in [1.54, 1.807) is 6.26 Å². The van der Waals surface area contributed by atoms with Crippen LogP contribution in [0.25, 0.3) is 11.0 Å². The maximum absolute atomic E-state index is 12.7. The molecule has 152 valence electrons. The first-order valence-corrected chi connectivity index (χ1v) is 11.3. The third kappa shape index (κ3) is 3.87. The smallest absolute Gasteiger partial charge is 0.236 e. The first kappa shape index (κ1) is 19.5. The lowest BCUT2D eigenvalue weighted by Crippen LogP contribution is -2.37. The van der Waals surface area contributed by atoms with Gasteiger partial charge in [0, 0.05) is 24.0 Å². The Hall–Kier alpha value is -2.80. The van der Waals surface area contributed by atoms with Crippen molar-refractivity contribution in [1.29, 1.82) is 0 Å². The van der Waals surface area contributed by atoms with Crippen LogP contribution in [0.15, 0.2) is 47.1 Å². The van der Waals surface area contributed by atoms with Gasteiger partial charge in [0.05, 0.1) is 24.1 Å². The summed E-state index contributed by atoms with van der Waals surface area (Å²) in [5.74, 6) is -0.347. The average molecular weight is 413 g/mol. The highest BCUT2D eigenvalue weighted by atomic mass is 32.2. The molecule has 0 spiro atoms. The minimum absolute atomic E-state index is 0.0771. The largest absolute Gasteiger partial charge is 0.464 e. The zero-order chi connectivity index (χ0) is 20.6. The topological polar surface area (TPSA) is 79.6 Å². The van der Waals surface area contributed by atoms with Crippen LogP contribution < -0.4 is 9.62 Å². The molecule has 1 N–H and O–H groups in total. The van der Waals surface area contributed by atoms with Gasteiger partial charge in [0.25, 0.3) is 0 Å². The van der Waals surface area contributed by atoms with E-state index < -0.39 is 10.0 Å². The fourth-order valence-corrected chi connectivity index (χ4v) is 5.16. The summed E-state index contributed by atoms with van der Waals surface area (Å²) >= 11 is 0. The van der Waals surface area contributed by atoms with Gasteiger partial charge in [-0.2, -0.15) is 0 Å². The summed E-state index contributed by atoms with van der Waals surface area (Å²) in [5, 5.41) is 3.65. The molecule has 0 saturated carbocycles. The van der Waals surface area contributed by atoms with E-state index in [1.165, 1.54) is 4.31 Å². The van der Waals surface area contributed by atoms with Crippen LogP contribution in [0.4, 0.5) is 5.69 Å². The number of aryl methyl sites for hydroxylation is 2. The van der Waals surface area contributed by atoms with Crippen LogP contribution in [0, 0.1) is 13.8 Å². The molecule has 1 aliphatic rings. The average Bonchev–Trinajstić information content (AvgIpc) is 3.27. The van der Waals surface area contributed by atoms with Gasteiger partial charge >= 0.3 is 0 Å².